The average Bonchev–Trinajstić information content (AvgIpc) is 3.44. The number of aliphatic hydroxyl groups is 3. The molecule has 0 aromatic rings. The number of carbonyl (C=O) groups is 2. The Kier molecular flexibility index (Phi) is 30.8. The zero-order valence-corrected chi connectivity index (χ0v) is 37.9. The van der Waals surface area contributed by atoms with Gasteiger partial charge in [0.2, 0.25) is 0 Å². The van der Waals surface area contributed by atoms with Crippen LogP contribution in [0, 0.1) is 11.8 Å². The molecule has 0 amide bonds. The van der Waals surface area contributed by atoms with Gasteiger partial charge in [-0.15, -0.1) is 0 Å². The summed E-state index contributed by atoms with van der Waals surface area (Å²) in [5.74, 6) is -1.78. The summed E-state index contributed by atoms with van der Waals surface area (Å²) in [5, 5.41) is 31.4. The van der Waals surface area contributed by atoms with Crippen molar-refractivity contribution < 1.29 is 57.4 Å². The third-order valence-electron chi connectivity index (χ3n) is 10.1. The van der Waals surface area contributed by atoms with E-state index in [1.54, 1.807) is 24.3 Å². The average molecular weight is 854 g/mol. The maximum atomic E-state index is 12.7. The fourth-order valence-corrected chi connectivity index (χ4v) is 7.24. The molecule has 3 N–H and O–H groups in total. The number of aliphatic hydroxyl groups excluding tert-OH is 3. The van der Waals surface area contributed by atoms with Gasteiger partial charge in [0.05, 0.1) is 52.5 Å². The van der Waals surface area contributed by atoms with Crippen molar-refractivity contribution in [1.29, 1.82) is 0 Å². The van der Waals surface area contributed by atoms with E-state index in [2.05, 4.69) is 50.3 Å². The number of likely N-dealkylation sites (N-methyl/N-ethyl adjacent to an activating group) is 1. The number of allylic oxidation sites excluding steroid dienone is 7. The summed E-state index contributed by atoms with van der Waals surface area (Å²) in [6.45, 7) is 3.67. The molecule has 1 fully saturated rings. The number of hydrogen-bond donors (Lipinski definition) is 3. The van der Waals surface area contributed by atoms with Crippen molar-refractivity contribution in [2.75, 3.05) is 47.5 Å². The Bertz CT molecular complexity index is 1310. The molecule has 59 heavy (non-hydrogen) atoms. The van der Waals surface area contributed by atoms with Crippen LogP contribution in [0.2, 0.25) is 0 Å². The van der Waals surface area contributed by atoms with Crippen LogP contribution < -0.4 is 4.89 Å². The first-order valence-electron chi connectivity index (χ1n) is 22.3. The van der Waals surface area contributed by atoms with Crippen LogP contribution in [0.25, 0.3) is 0 Å². The number of quaternary nitrogens is 1. The molecular weight excluding hydrogens is 773 g/mol. The van der Waals surface area contributed by atoms with Crippen LogP contribution in [-0.2, 0) is 32.7 Å². The standard InChI is InChI=1S/C46H80NO11P/c1-6-8-10-11-12-13-14-15-16-17-18-19-20-21-22-23-25-31-46(52)58-40(38-57-59(53,54)56-35-34-47(3,4)5)37-55-45(51)30-27-26-29-41-42(44(50)36-43(41)49)33-32-39(48)28-24-9-7-2/h12-13,15-16,18-19,26-27,32-33,39-44,48-50H,6-11,14,17,20-25,28-31,34-38H2,1-5H3/b13-12-,16-15-,19-18-,27-26-,33-32+/t39-,40-,41+,42-,43+,44-/m1/s1. The van der Waals surface area contributed by atoms with Gasteiger partial charge in [-0.25, -0.2) is 0 Å². The maximum absolute atomic E-state index is 12.7. The molecule has 1 saturated carbocycles. The van der Waals surface area contributed by atoms with Gasteiger partial charge in [0.25, 0.3) is 7.82 Å². The van der Waals surface area contributed by atoms with E-state index in [0.717, 1.165) is 64.2 Å². The zero-order valence-electron chi connectivity index (χ0n) is 37.0. The number of phosphoric acid groups is 1. The predicted octanol–water partition coefficient (Wildman–Crippen LogP) is 8.21. The maximum Gasteiger partial charge on any atom is 0.309 e. The van der Waals surface area contributed by atoms with E-state index >= 15 is 0 Å². The summed E-state index contributed by atoms with van der Waals surface area (Å²) in [6.07, 6.45) is 32.3. The number of rotatable bonds is 35. The Balaban J connectivity index is 2.57. The van der Waals surface area contributed by atoms with Crippen molar-refractivity contribution >= 4 is 19.8 Å². The molecule has 12 nitrogen and oxygen atoms in total. The quantitative estimate of drug-likeness (QED) is 0.0185. The summed E-state index contributed by atoms with van der Waals surface area (Å²) < 4.78 is 33.8. The molecule has 1 unspecified atom stereocenters. The van der Waals surface area contributed by atoms with E-state index in [4.69, 9.17) is 18.5 Å². The first-order valence-corrected chi connectivity index (χ1v) is 23.7. The molecule has 0 spiro atoms. The van der Waals surface area contributed by atoms with Crippen molar-refractivity contribution in [3.8, 4) is 0 Å². The minimum atomic E-state index is -4.72. The highest BCUT2D eigenvalue weighted by atomic mass is 31.2. The van der Waals surface area contributed by atoms with Crippen molar-refractivity contribution in [1.82, 2.24) is 0 Å². The molecule has 0 bridgehead atoms. The third kappa shape index (κ3) is 30.3. The van der Waals surface area contributed by atoms with E-state index in [1.807, 2.05) is 21.1 Å². The lowest BCUT2D eigenvalue weighted by molar-refractivity contribution is -0.870. The summed E-state index contributed by atoms with van der Waals surface area (Å²) in [7, 11) is 0.969. The van der Waals surface area contributed by atoms with E-state index in [-0.39, 0.29) is 37.7 Å². The highest BCUT2D eigenvalue weighted by Crippen LogP contribution is 2.38. The smallest absolute Gasteiger partial charge is 0.309 e. The number of esters is 2. The number of nitrogens with zero attached hydrogens (tertiary/aromatic N) is 1. The molecule has 0 aromatic carbocycles. The van der Waals surface area contributed by atoms with Gasteiger partial charge in [-0.2, -0.15) is 0 Å². The van der Waals surface area contributed by atoms with Gasteiger partial charge in [-0.3, -0.25) is 14.2 Å². The summed E-state index contributed by atoms with van der Waals surface area (Å²) in [6, 6.07) is 0. The largest absolute Gasteiger partial charge is 0.756 e. The monoisotopic (exact) mass is 854 g/mol. The van der Waals surface area contributed by atoms with Gasteiger partial charge in [0.15, 0.2) is 6.10 Å². The molecule has 340 valence electrons. The number of ether oxygens (including phenoxy) is 2. The zero-order chi connectivity index (χ0) is 43.8. The molecule has 0 aromatic heterocycles. The van der Waals surface area contributed by atoms with Gasteiger partial charge >= 0.3 is 11.9 Å². The first-order chi connectivity index (χ1) is 28.2. The molecule has 0 radical (unpaired) electrons. The van der Waals surface area contributed by atoms with E-state index in [1.165, 1.54) is 19.3 Å². The Morgan fingerprint density at radius 3 is 2.07 bits per heavy atom. The predicted molar refractivity (Wildman–Crippen MR) is 233 cm³/mol. The number of unbranched alkanes of at least 4 members (excludes halogenated alkanes) is 9. The fourth-order valence-electron chi connectivity index (χ4n) is 6.51. The molecule has 7 atom stereocenters. The minimum absolute atomic E-state index is 0.0884. The summed E-state index contributed by atoms with van der Waals surface area (Å²) in [4.78, 5) is 37.8. The highest BCUT2D eigenvalue weighted by Gasteiger charge is 2.39. The molecule has 1 rings (SSSR count). The number of hydrogen-bond acceptors (Lipinski definition) is 11. The molecule has 1 aliphatic rings. The van der Waals surface area contributed by atoms with Gasteiger partial charge in [-0.05, 0) is 63.7 Å². The van der Waals surface area contributed by atoms with Gasteiger partial charge in [-0.1, -0.05) is 120 Å². The van der Waals surface area contributed by atoms with Gasteiger partial charge < -0.3 is 43.2 Å². The fraction of sp³-hybridized carbons (Fsp3) is 0.739. The SMILES string of the molecule is CCCCC/C=C\C/C=C\C/C=C\CCCCCCC(=O)O[C@H](COC(=O)C/C=C\C[C@H]1[C@@H](/C=C/[C@H](O)CCCCC)[C@H](O)C[C@@H]1O)COP(=O)([O-])OCC[N+](C)(C)C. The minimum Gasteiger partial charge on any atom is -0.756 e. The molecule has 0 aliphatic heterocycles. The van der Waals surface area contributed by atoms with Gasteiger partial charge in [0.1, 0.15) is 19.8 Å². The van der Waals surface area contributed by atoms with E-state index in [0.29, 0.717) is 30.3 Å². The lowest BCUT2D eigenvalue weighted by atomic mass is 9.89. The van der Waals surface area contributed by atoms with Crippen LogP contribution in [0.4, 0.5) is 0 Å². The van der Waals surface area contributed by atoms with Gasteiger partial charge in [0, 0.05) is 18.8 Å². The van der Waals surface area contributed by atoms with Crippen LogP contribution >= 0.6 is 7.82 Å². The Morgan fingerprint density at radius 1 is 0.780 bits per heavy atom. The topological polar surface area (TPSA) is 172 Å². The molecule has 1 aliphatic carbocycles. The van der Waals surface area contributed by atoms with Crippen molar-refractivity contribution in [3.05, 3.63) is 60.8 Å². The lowest BCUT2D eigenvalue weighted by Crippen LogP contribution is -2.37. The second-order valence-corrected chi connectivity index (χ2v) is 18.1. The van der Waals surface area contributed by atoms with Crippen LogP contribution in [0.1, 0.15) is 136 Å². The van der Waals surface area contributed by atoms with E-state index < -0.39 is 57.4 Å². The van der Waals surface area contributed by atoms with Crippen molar-refractivity contribution in [2.24, 2.45) is 11.8 Å². The Morgan fingerprint density at radius 2 is 1.41 bits per heavy atom. The highest BCUT2D eigenvalue weighted by molar-refractivity contribution is 7.45. The van der Waals surface area contributed by atoms with Crippen LogP contribution in [0.5, 0.6) is 0 Å². The molecule has 0 saturated heterocycles. The molecule has 13 heteroatoms. The van der Waals surface area contributed by atoms with Crippen LogP contribution in [0.3, 0.4) is 0 Å². The van der Waals surface area contributed by atoms with Crippen LogP contribution in [-0.4, -0.2) is 104 Å². The lowest BCUT2D eigenvalue weighted by Gasteiger charge is -2.28. The van der Waals surface area contributed by atoms with Crippen molar-refractivity contribution in [2.45, 2.75) is 160 Å². The van der Waals surface area contributed by atoms with Crippen LogP contribution in [0.15, 0.2) is 60.8 Å². The number of phosphoric ester groups is 1. The summed E-state index contributed by atoms with van der Waals surface area (Å²) >= 11 is 0. The Labute approximate surface area is 356 Å². The second kappa shape index (κ2) is 33.2. The molecular formula is C46H80NO11P. The summed E-state index contributed by atoms with van der Waals surface area (Å²) in [5.41, 5.74) is 0. The third-order valence-corrected chi connectivity index (χ3v) is 11.1. The Hall–Kier alpha value is -2.41. The van der Waals surface area contributed by atoms with Crippen molar-refractivity contribution in [3.63, 3.8) is 0 Å². The molecule has 0 heterocycles. The second-order valence-electron chi connectivity index (χ2n) is 16.7. The van der Waals surface area contributed by atoms with E-state index in [9.17, 15) is 34.4 Å². The number of carbonyl (C=O) groups excluding carboxylic acids is 2. The first kappa shape index (κ1) is 54.6. The normalized spacial score (nSPS) is 21.0.